The van der Waals surface area contributed by atoms with Gasteiger partial charge in [-0.2, -0.15) is 13.2 Å². The molecule has 0 unspecified atom stereocenters. The number of carbonyl (C=O) groups is 1. The summed E-state index contributed by atoms with van der Waals surface area (Å²) in [4.78, 5) is 16.7. The molecule has 4 aromatic rings. The average molecular weight is 489 g/mol. The number of benzene rings is 1. The van der Waals surface area contributed by atoms with Crippen molar-refractivity contribution in [1.29, 1.82) is 0 Å². The number of ether oxygens (including phenoxy) is 1. The summed E-state index contributed by atoms with van der Waals surface area (Å²) < 4.78 is 45.3. The van der Waals surface area contributed by atoms with E-state index in [4.69, 9.17) is 4.74 Å². The van der Waals surface area contributed by atoms with Crippen LogP contribution >= 0.6 is 11.3 Å². The number of carbonyl (C=O) groups excluding carboxylic acids is 1. The van der Waals surface area contributed by atoms with Crippen molar-refractivity contribution >= 4 is 22.8 Å². The summed E-state index contributed by atoms with van der Waals surface area (Å²) in [5, 5.41) is 9.91. The third kappa shape index (κ3) is 5.80. The molecule has 0 saturated heterocycles. The van der Waals surface area contributed by atoms with Gasteiger partial charge in [-0.05, 0) is 56.7 Å². The zero-order chi connectivity index (χ0) is 24.5. The number of aryl methyl sites for hydroxylation is 1. The summed E-state index contributed by atoms with van der Waals surface area (Å²) in [5.41, 5.74) is 3.73. The fraction of sp³-hybridized carbons (Fsp3) is 0.333. The Balaban J connectivity index is 1.67. The average Bonchev–Trinajstić information content (AvgIpc) is 3.37. The highest BCUT2D eigenvalue weighted by atomic mass is 32.1. The molecule has 0 saturated carbocycles. The van der Waals surface area contributed by atoms with E-state index in [0.29, 0.717) is 17.0 Å². The summed E-state index contributed by atoms with van der Waals surface area (Å²) >= 11 is 1.50. The lowest BCUT2D eigenvalue weighted by Gasteiger charge is -2.14. The van der Waals surface area contributed by atoms with Gasteiger partial charge in [0.1, 0.15) is 27.2 Å². The summed E-state index contributed by atoms with van der Waals surface area (Å²) in [6, 6.07) is 9.18. The molecular formula is C24H23F3N4O2S. The van der Waals surface area contributed by atoms with Crippen molar-refractivity contribution < 1.29 is 22.7 Å². The van der Waals surface area contributed by atoms with E-state index in [2.05, 4.69) is 15.2 Å². The van der Waals surface area contributed by atoms with E-state index >= 15 is 0 Å². The van der Waals surface area contributed by atoms with Gasteiger partial charge in [0.2, 0.25) is 0 Å². The first-order valence-electron chi connectivity index (χ1n) is 10.7. The monoisotopic (exact) mass is 488 g/mol. The fourth-order valence-electron chi connectivity index (χ4n) is 3.59. The minimum absolute atomic E-state index is 0.102. The molecule has 178 valence electrons. The van der Waals surface area contributed by atoms with Crippen LogP contribution in [0.5, 0.6) is 5.75 Å². The number of hydrogen-bond acceptors (Lipinski definition) is 6. The van der Waals surface area contributed by atoms with Crippen molar-refractivity contribution in [2.24, 2.45) is 0 Å². The summed E-state index contributed by atoms with van der Waals surface area (Å²) in [7, 11) is 0. The van der Waals surface area contributed by atoms with Crippen LogP contribution in [0, 0.1) is 6.92 Å². The number of ketones is 1. The molecule has 6 nitrogen and oxygen atoms in total. The number of alkyl halides is 3. The highest BCUT2D eigenvalue weighted by molar-refractivity contribution is 7.14. The summed E-state index contributed by atoms with van der Waals surface area (Å²) in [5.74, 6) is 0.0714. The van der Waals surface area contributed by atoms with Crippen LogP contribution in [-0.2, 0) is 11.2 Å². The van der Waals surface area contributed by atoms with E-state index in [1.165, 1.54) is 11.3 Å². The molecule has 1 aromatic carbocycles. The first-order valence-corrected chi connectivity index (χ1v) is 11.6. The van der Waals surface area contributed by atoms with Crippen LogP contribution in [0.1, 0.15) is 37.3 Å². The van der Waals surface area contributed by atoms with E-state index in [9.17, 15) is 18.0 Å². The molecule has 0 radical (unpaired) electrons. The Hall–Kier alpha value is -3.27. The normalized spacial score (nSPS) is 12.0. The van der Waals surface area contributed by atoms with Gasteiger partial charge in [0, 0.05) is 30.2 Å². The molecule has 0 spiro atoms. The highest BCUT2D eigenvalue weighted by Gasteiger charge is 2.27. The van der Waals surface area contributed by atoms with Crippen LogP contribution in [0.4, 0.5) is 13.2 Å². The van der Waals surface area contributed by atoms with Gasteiger partial charge in [-0.15, -0.1) is 10.2 Å². The number of halogens is 3. The maximum absolute atomic E-state index is 12.5. The third-order valence-corrected chi connectivity index (χ3v) is 5.90. The molecule has 4 rings (SSSR count). The number of imidazole rings is 1. The molecule has 10 heteroatoms. The summed E-state index contributed by atoms with van der Waals surface area (Å²) in [6.07, 6.45) is -2.63. The molecule has 0 amide bonds. The molecule has 34 heavy (non-hydrogen) atoms. The summed E-state index contributed by atoms with van der Waals surface area (Å²) in [6.45, 7) is 5.66. The molecule has 0 N–H and O–H groups in total. The first-order chi connectivity index (χ1) is 16.1. The van der Waals surface area contributed by atoms with Crippen LogP contribution in [-0.4, -0.2) is 37.6 Å². The number of Topliss-reactive ketones (excluding diaryl/α,β-unsaturated/α-hetero) is 1. The van der Waals surface area contributed by atoms with Crippen molar-refractivity contribution in [1.82, 2.24) is 19.6 Å². The molecule has 0 aliphatic carbocycles. The van der Waals surface area contributed by atoms with E-state index in [-0.39, 0.29) is 12.5 Å². The lowest BCUT2D eigenvalue weighted by Crippen LogP contribution is -2.12. The van der Waals surface area contributed by atoms with Crippen LogP contribution in [0.15, 0.2) is 42.7 Å². The zero-order valence-electron chi connectivity index (χ0n) is 18.9. The smallest absolute Gasteiger partial charge is 0.389 e. The maximum Gasteiger partial charge on any atom is 0.389 e. The Labute approximate surface area is 198 Å². The number of nitrogens with zero attached hydrogens (tertiary/aromatic N) is 4. The minimum Gasteiger partial charge on any atom is -0.491 e. The first kappa shape index (κ1) is 23.9. The van der Waals surface area contributed by atoms with Crippen LogP contribution in [0.25, 0.3) is 27.5 Å². The van der Waals surface area contributed by atoms with Gasteiger partial charge in [-0.3, -0.25) is 9.20 Å². The predicted octanol–water partition coefficient (Wildman–Crippen LogP) is 6.07. The highest BCUT2D eigenvalue weighted by Crippen LogP contribution is 2.31. The second-order valence-corrected chi connectivity index (χ2v) is 9.46. The van der Waals surface area contributed by atoms with E-state index < -0.39 is 24.8 Å². The molecule has 0 aliphatic rings. The molecule has 0 aliphatic heterocycles. The topological polar surface area (TPSA) is 69.4 Å². The number of rotatable bonds is 8. The minimum atomic E-state index is -4.35. The zero-order valence-corrected chi connectivity index (χ0v) is 19.7. The van der Waals surface area contributed by atoms with Crippen LogP contribution < -0.4 is 4.74 Å². The van der Waals surface area contributed by atoms with E-state index in [0.717, 1.165) is 26.8 Å². The molecule has 0 atom stereocenters. The number of aromatic nitrogens is 4. The van der Waals surface area contributed by atoms with Gasteiger partial charge in [-0.25, -0.2) is 4.98 Å². The number of fused-ring (bicyclic) bond motifs is 1. The lowest BCUT2D eigenvalue weighted by molar-refractivity contribution is -0.143. The van der Waals surface area contributed by atoms with Crippen LogP contribution in [0.3, 0.4) is 0 Å². The van der Waals surface area contributed by atoms with Gasteiger partial charge in [0.15, 0.2) is 0 Å². The predicted molar refractivity (Wildman–Crippen MR) is 124 cm³/mol. The van der Waals surface area contributed by atoms with E-state index in [1.54, 1.807) is 18.3 Å². The van der Waals surface area contributed by atoms with Crippen molar-refractivity contribution in [3.63, 3.8) is 0 Å². The van der Waals surface area contributed by atoms with Gasteiger partial charge in [0.25, 0.3) is 0 Å². The fourth-order valence-corrected chi connectivity index (χ4v) is 4.28. The molecule has 0 bridgehead atoms. The van der Waals surface area contributed by atoms with Crippen molar-refractivity contribution in [2.75, 3.05) is 0 Å². The van der Waals surface area contributed by atoms with Gasteiger partial charge in [0.05, 0.1) is 24.4 Å². The quantitative estimate of drug-likeness (QED) is 0.301. The van der Waals surface area contributed by atoms with Gasteiger partial charge in [-0.1, -0.05) is 11.3 Å². The number of pyridine rings is 1. The Morgan fingerprint density at radius 1 is 1.15 bits per heavy atom. The van der Waals surface area contributed by atoms with Crippen LogP contribution in [0.2, 0.25) is 0 Å². The third-order valence-electron chi connectivity index (χ3n) is 5.01. The van der Waals surface area contributed by atoms with Crippen molar-refractivity contribution in [3.8, 4) is 27.6 Å². The van der Waals surface area contributed by atoms with Gasteiger partial charge < -0.3 is 4.74 Å². The van der Waals surface area contributed by atoms with Gasteiger partial charge >= 0.3 is 6.18 Å². The van der Waals surface area contributed by atoms with Crippen molar-refractivity contribution in [3.05, 3.63) is 53.3 Å². The largest absolute Gasteiger partial charge is 0.491 e. The SMILES string of the molecule is Cc1nnc(-c2ccn3c(-c4cc(CC(=O)CCC(F)(F)F)cc(OC(C)C)c4)cnc3c2)s1. The molecule has 3 aromatic heterocycles. The standard InChI is InChI=1S/C24H23F3N4O2S/c1-14(2)33-20-10-16(9-19(32)4-6-24(25,26)27)8-18(11-20)21-13-28-22-12-17(5-7-31(21)22)23-30-29-15(3)34-23/h5,7-8,10-14H,4,6,9H2,1-3H3. The molecular weight excluding hydrogens is 465 g/mol. The Kier molecular flexibility index (Phi) is 6.70. The second-order valence-electron chi connectivity index (χ2n) is 8.28. The number of hydrogen-bond donors (Lipinski definition) is 0. The maximum atomic E-state index is 12.5. The second kappa shape index (κ2) is 9.54. The molecule has 0 fully saturated rings. The Morgan fingerprint density at radius 2 is 1.94 bits per heavy atom. The Bertz CT molecular complexity index is 1330. The van der Waals surface area contributed by atoms with Crippen molar-refractivity contribution in [2.45, 2.75) is 52.3 Å². The van der Waals surface area contributed by atoms with E-state index in [1.807, 2.05) is 49.6 Å². The Morgan fingerprint density at radius 3 is 2.62 bits per heavy atom. The lowest BCUT2D eigenvalue weighted by atomic mass is 10.0. The molecule has 3 heterocycles.